The van der Waals surface area contributed by atoms with Gasteiger partial charge in [-0.2, -0.15) is 0 Å². The number of hydrogen-bond acceptors (Lipinski definition) is 1. The molecule has 0 saturated heterocycles. The fourth-order valence-corrected chi connectivity index (χ4v) is 5.36. The van der Waals surface area contributed by atoms with Gasteiger partial charge in [-0.25, -0.2) is 4.98 Å². The van der Waals surface area contributed by atoms with Crippen LogP contribution < -0.4 is 0 Å². The van der Waals surface area contributed by atoms with Gasteiger partial charge in [-0.1, -0.05) is 60.7 Å². The number of fused-ring (bicyclic) bond motifs is 9. The fourth-order valence-electron chi connectivity index (χ4n) is 5.36. The molecule has 0 saturated carbocycles. The van der Waals surface area contributed by atoms with Gasteiger partial charge in [-0.3, -0.25) is 4.40 Å². The number of benzene rings is 5. The molecule has 7 aromatic rings. The second-order valence-electron chi connectivity index (χ2n) is 9.00. The molecule has 0 aliphatic carbocycles. The van der Waals surface area contributed by atoms with Gasteiger partial charge in [0.15, 0.2) is 0 Å². The molecule has 2 nitrogen and oxygen atoms in total. The monoisotopic (exact) mass is 422 g/mol. The molecule has 0 fully saturated rings. The van der Waals surface area contributed by atoms with Crippen LogP contribution in [-0.4, -0.2) is 9.38 Å². The van der Waals surface area contributed by atoms with E-state index in [2.05, 4.69) is 115 Å². The van der Waals surface area contributed by atoms with E-state index >= 15 is 0 Å². The standard InChI is InChI=1S/C31H22N2/c1-19-9-3-6-12-23(19)24-18-26-25-16-21-10-4-5-11-22(21)17-27(25)31-32-28-13-7-8-14-29(28)33(31)30(26)15-20(24)2/h3-18H,1-2H3. The molecule has 33 heavy (non-hydrogen) atoms. The summed E-state index contributed by atoms with van der Waals surface area (Å²) in [4.78, 5) is 5.09. The summed E-state index contributed by atoms with van der Waals surface area (Å²) in [5.74, 6) is 0. The number of imidazole rings is 1. The summed E-state index contributed by atoms with van der Waals surface area (Å²) < 4.78 is 2.34. The maximum atomic E-state index is 5.09. The van der Waals surface area contributed by atoms with Crippen LogP contribution in [0.2, 0.25) is 0 Å². The highest BCUT2D eigenvalue weighted by molar-refractivity contribution is 6.18. The van der Waals surface area contributed by atoms with E-state index in [0.717, 1.165) is 16.7 Å². The van der Waals surface area contributed by atoms with Gasteiger partial charge in [0.05, 0.1) is 16.6 Å². The van der Waals surface area contributed by atoms with Crippen molar-refractivity contribution >= 4 is 49.1 Å². The normalized spacial score (nSPS) is 11.9. The van der Waals surface area contributed by atoms with Gasteiger partial charge in [0, 0.05) is 10.8 Å². The van der Waals surface area contributed by atoms with E-state index in [9.17, 15) is 0 Å². The largest absolute Gasteiger partial charge is 0.292 e. The van der Waals surface area contributed by atoms with Gasteiger partial charge < -0.3 is 0 Å². The maximum Gasteiger partial charge on any atom is 0.146 e. The smallest absolute Gasteiger partial charge is 0.146 e. The topological polar surface area (TPSA) is 17.3 Å². The molecule has 0 aliphatic rings. The van der Waals surface area contributed by atoms with Gasteiger partial charge in [-0.05, 0) is 88.7 Å². The molecule has 0 bridgehead atoms. The van der Waals surface area contributed by atoms with Gasteiger partial charge in [0.25, 0.3) is 0 Å². The first-order valence-electron chi connectivity index (χ1n) is 11.4. The Morgan fingerprint density at radius 2 is 1.24 bits per heavy atom. The Bertz CT molecular complexity index is 1890. The molecule has 2 heterocycles. The number of aryl methyl sites for hydroxylation is 2. The molecule has 0 spiro atoms. The van der Waals surface area contributed by atoms with E-state index < -0.39 is 0 Å². The van der Waals surface area contributed by atoms with Crippen LogP contribution >= 0.6 is 0 Å². The Morgan fingerprint density at radius 1 is 0.545 bits per heavy atom. The predicted octanol–water partition coefficient (Wildman–Crippen LogP) is 8.23. The average molecular weight is 423 g/mol. The van der Waals surface area contributed by atoms with Crippen molar-refractivity contribution < 1.29 is 0 Å². The highest BCUT2D eigenvalue weighted by atomic mass is 15.0. The minimum Gasteiger partial charge on any atom is -0.292 e. The zero-order valence-corrected chi connectivity index (χ0v) is 18.6. The van der Waals surface area contributed by atoms with Gasteiger partial charge >= 0.3 is 0 Å². The fraction of sp³-hybridized carbons (Fsp3) is 0.0645. The van der Waals surface area contributed by atoms with Crippen LogP contribution in [0.25, 0.3) is 60.3 Å². The van der Waals surface area contributed by atoms with Crippen molar-refractivity contribution in [1.29, 1.82) is 0 Å². The second-order valence-corrected chi connectivity index (χ2v) is 9.00. The molecular weight excluding hydrogens is 400 g/mol. The Balaban J connectivity index is 1.75. The zero-order chi connectivity index (χ0) is 22.1. The second kappa shape index (κ2) is 6.66. The van der Waals surface area contributed by atoms with Crippen LogP contribution in [-0.2, 0) is 0 Å². The van der Waals surface area contributed by atoms with E-state index in [4.69, 9.17) is 4.98 Å². The summed E-state index contributed by atoms with van der Waals surface area (Å²) in [6.45, 7) is 4.41. The van der Waals surface area contributed by atoms with E-state index in [1.54, 1.807) is 0 Å². The van der Waals surface area contributed by atoms with Gasteiger partial charge in [0.1, 0.15) is 5.65 Å². The molecule has 7 rings (SSSR count). The Hall–Kier alpha value is -4.17. The molecule has 0 atom stereocenters. The van der Waals surface area contributed by atoms with Gasteiger partial charge in [-0.15, -0.1) is 0 Å². The van der Waals surface area contributed by atoms with Gasteiger partial charge in [0.2, 0.25) is 0 Å². The molecule has 0 amide bonds. The predicted molar refractivity (Wildman–Crippen MR) is 140 cm³/mol. The first kappa shape index (κ1) is 18.4. The Labute approximate surface area is 191 Å². The first-order chi connectivity index (χ1) is 16.2. The highest BCUT2D eigenvalue weighted by Gasteiger charge is 2.16. The number of nitrogens with zero attached hydrogens (tertiary/aromatic N) is 2. The summed E-state index contributed by atoms with van der Waals surface area (Å²) in [6, 6.07) is 35.1. The van der Waals surface area contributed by atoms with Crippen LogP contribution in [0.4, 0.5) is 0 Å². The summed E-state index contributed by atoms with van der Waals surface area (Å²) in [5.41, 5.74) is 9.56. The summed E-state index contributed by atoms with van der Waals surface area (Å²) in [5, 5.41) is 6.20. The maximum absolute atomic E-state index is 5.09. The van der Waals surface area contributed by atoms with Crippen LogP contribution in [0, 0.1) is 13.8 Å². The molecular formula is C31H22N2. The van der Waals surface area contributed by atoms with Crippen LogP contribution in [0.5, 0.6) is 0 Å². The molecule has 0 aliphatic heterocycles. The van der Waals surface area contributed by atoms with Crippen molar-refractivity contribution in [2.24, 2.45) is 0 Å². The van der Waals surface area contributed by atoms with Crippen LogP contribution in [0.3, 0.4) is 0 Å². The van der Waals surface area contributed by atoms with Crippen molar-refractivity contribution in [3.8, 4) is 11.1 Å². The van der Waals surface area contributed by atoms with E-state index in [1.165, 1.54) is 54.7 Å². The lowest BCUT2D eigenvalue weighted by atomic mass is 9.93. The SMILES string of the molecule is Cc1ccccc1-c1cc2c3cc4ccccc4cc3c3nc4ccccc4n3c2cc1C. The van der Waals surface area contributed by atoms with Crippen LogP contribution in [0.1, 0.15) is 11.1 Å². The summed E-state index contributed by atoms with van der Waals surface area (Å²) in [7, 11) is 0. The third kappa shape index (κ3) is 2.58. The number of aromatic nitrogens is 2. The molecule has 0 unspecified atom stereocenters. The van der Waals surface area contributed by atoms with Crippen molar-refractivity contribution in [2.45, 2.75) is 13.8 Å². The number of rotatable bonds is 1. The van der Waals surface area contributed by atoms with E-state index in [0.29, 0.717) is 0 Å². The molecule has 2 aromatic heterocycles. The lowest BCUT2D eigenvalue weighted by Crippen LogP contribution is -1.95. The zero-order valence-electron chi connectivity index (χ0n) is 18.6. The number of hydrogen-bond donors (Lipinski definition) is 0. The summed E-state index contributed by atoms with van der Waals surface area (Å²) >= 11 is 0. The number of para-hydroxylation sites is 2. The lowest BCUT2D eigenvalue weighted by Gasteiger charge is -2.15. The van der Waals surface area contributed by atoms with E-state index in [1.807, 2.05) is 0 Å². The minimum atomic E-state index is 1.02. The lowest BCUT2D eigenvalue weighted by molar-refractivity contribution is 1.30. The van der Waals surface area contributed by atoms with Crippen molar-refractivity contribution in [3.63, 3.8) is 0 Å². The Kier molecular flexibility index (Phi) is 3.72. The van der Waals surface area contributed by atoms with Crippen molar-refractivity contribution in [3.05, 3.63) is 108 Å². The molecule has 5 aromatic carbocycles. The molecule has 0 radical (unpaired) electrons. The quantitative estimate of drug-likeness (QED) is 0.192. The van der Waals surface area contributed by atoms with Crippen LogP contribution in [0.15, 0.2) is 97.1 Å². The third-order valence-corrected chi connectivity index (χ3v) is 7.00. The van der Waals surface area contributed by atoms with E-state index in [-0.39, 0.29) is 0 Å². The molecule has 156 valence electrons. The average Bonchev–Trinajstić information content (AvgIpc) is 3.23. The summed E-state index contributed by atoms with van der Waals surface area (Å²) in [6.07, 6.45) is 0. The Morgan fingerprint density at radius 3 is 2.06 bits per heavy atom. The molecule has 0 N–H and O–H groups in total. The minimum absolute atomic E-state index is 1.02. The third-order valence-electron chi connectivity index (χ3n) is 7.00. The number of pyridine rings is 1. The van der Waals surface area contributed by atoms with Crippen molar-refractivity contribution in [1.82, 2.24) is 9.38 Å². The molecule has 2 heteroatoms. The van der Waals surface area contributed by atoms with Crippen molar-refractivity contribution in [2.75, 3.05) is 0 Å². The first-order valence-corrected chi connectivity index (χ1v) is 11.4. The highest BCUT2D eigenvalue weighted by Crippen LogP contribution is 2.38.